The summed E-state index contributed by atoms with van der Waals surface area (Å²) in [6.45, 7) is 0. The normalized spacial score (nSPS) is 9.40. The lowest BCUT2D eigenvalue weighted by molar-refractivity contribution is 1.30. The molecule has 0 aliphatic carbocycles. The second kappa shape index (κ2) is 2.94. The minimum Gasteiger partial charge on any atom is -0.242 e. The van der Waals surface area contributed by atoms with Gasteiger partial charge in [-0.1, -0.05) is 23.2 Å². The quantitative estimate of drug-likeness (QED) is 0.488. The Labute approximate surface area is 67.0 Å². The Morgan fingerprint density at radius 1 is 1.50 bits per heavy atom. The Kier molecular flexibility index (Phi) is 2.19. The van der Waals surface area contributed by atoms with Crippen molar-refractivity contribution in [2.45, 2.75) is 0 Å². The van der Waals surface area contributed by atoms with Gasteiger partial charge in [0.1, 0.15) is 0 Å². The molecule has 1 aromatic rings. The molecule has 0 atom stereocenters. The molecule has 0 aromatic carbocycles. The van der Waals surface area contributed by atoms with Gasteiger partial charge in [0.2, 0.25) is 0 Å². The molecule has 1 heterocycles. The van der Waals surface area contributed by atoms with Gasteiger partial charge in [-0.15, -0.1) is 4.91 Å². The fraction of sp³-hybridized carbons (Fsp3) is 0. The van der Waals surface area contributed by atoms with E-state index in [9.17, 15) is 4.91 Å². The minimum atomic E-state index is -0.00849. The predicted octanol–water partition coefficient (Wildman–Crippen LogP) is 2.79. The third-order valence-corrected chi connectivity index (χ3v) is 1.50. The number of hydrogen-bond donors (Lipinski definition) is 0. The summed E-state index contributed by atoms with van der Waals surface area (Å²) in [5.41, 5.74) is -0.00849. The molecule has 3 nitrogen and oxygen atoms in total. The fourth-order valence-electron chi connectivity index (χ4n) is 0.488. The number of pyridine rings is 1. The maximum Gasteiger partial charge on any atom is 0.163 e. The maximum atomic E-state index is 9.99. The Morgan fingerprint density at radius 3 is 2.60 bits per heavy atom. The van der Waals surface area contributed by atoms with Gasteiger partial charge >= 0.3 is 0 Å². The molecule has 0 fully saturated rings. The zero-order chi connectivity index (χ0) is 7.56. The van der Waals surface area contributed by atoms with Crippen LogP contribution in [0.4, 0.5) is 5.69 Å². The molecule has 0 N–H and O–H groups in total. The van der Waals surface area contributed by atoms with Gasteiger partial charge in [0.15, 0.2) is 10.8 Å². The summed E-state index contributed by atoms with van der Waals surface area (Å²) in [6.07, 6.45) is 1.40. The average Bonchev–Trinajstić information content (AvgIpc) is 1.88. The molecule has 0 aliphatic heterocycles. The molecule has 5 heteroatoms. The molecule has 52 valence electrons. The first-order valence-electron chi connectivity index (χ1n) is 2.39. The van der Waals surface area contributed by atoms with Crippen molar-refractivity contribution in [1.29, 1.82) is 0 Å². The third kappa shape index (κ3) is 1.25. The fourth-order valence-corrected chi connectivity index (χ4v) is 0.909. The van der Waals surface area contributed by atoms with Crippen molar-refractivity contribution < 1.29 is 0 Å². The highest BCUT2D eigenvalue weighted by Crippen LogP contribution is 2.29. The van der Waals surface area contributed by atoms with Gasteiger partial charge in [-0.05, 0) is 11.2 Å². The van der Waals surface area contributed by atoms with Crippen LogP contribution in [0.25, 0.3) is 0 Å². The first kappa shape index (κ1) is 7.44. The highest BCUT2D eigenvalue weighted by molar-refractivity contribution is 6.37. The van der Waals surface area contributed by atoms with Gasteiger partial charge in [0.25, 0.3) is 0 Å². The van der Waals surface area contributed by atoms with E-state index in [4.69, 9.17) is 23.2 Å². The van der Waals surface area contributed by atoms with Crippen molar-refractivity contribution in [1.82, 2.24) is 4.98 Å². The summed E-state index contributed by atoms with van der Waals surface area (Å²) >= 11 is 11.0. The summed E-state index contributed by atoms with van der Waals surface area (Å²) in [7, 11) is 0. The summed E-state index contributed by atoms with van der Waals surface area (Å²) in [5, 5.41) is 2.84. The SMILES string of the molecule is O=Nc1c(Cl)ccnc1Cl. The van der Waals surface area contributed by atoms with Crippen LogP contribution in [-0.2, 0) is 0 Å². The highest BCUT2D eigenvalue weighted by Gasteiger charge is 2.04. The van der Waals surface area contributed by atoms with Gasteiger partial charge in [-0.3, -0.25) is 0 Å². The number of aromatic nitrogens is 1. The van der Waals surface area contributed by atoms with Crippen molar-refractivity contribution in [3.63, 3.8) is 0 Å². The molecule has 0 radical (unpaired) electrons. The number of halogens is 2. The van der Waals surface area contributed by atoms with Crippen molar-refractivity contribution >= 4 is 28.9 Å². The zero-order valence-electron chi connectivity index (χ0n) is 4.71. The van der Waals surface area contributed by atoms with Gasteiger partial charge in [0.05, 0.1) is 5.02 Å². The molecule has 0 bridgehead atoms. The minimum absolute atomic E-state index is 0.00849. The van der Waals surface area contributed by atoms with Gasteiger partial charge in [-0.2, -0.15) is 0 Å². The van der Waals surface area contributed by atoms with Gasteiger partial charge < -0.3 is 0 Å². The molecule has 10 heavy (non-hydrogen) atoms. The van der Waals surface area contributed by atoms with Crippen LogP contribution in [0, 0.1) is 4.91 Å². The van der Waals surface area contributed by atoms with Crippen molar-refractivity contribution in [3.05, 3.63) is 27.3 Å². The smallest absolute Gasteiger partial charge is 0.163 e. The van der Waals surface area contributed by atoms with Crippen LogP contribution in [0.1, 0.15) is 0 Å². The van der Waals surface area contributed by atoms with Crippen molar-refractivity contribution in [3.8, 4) is 0 Å². The number of rotatable bonds is 1. The molecule has 1 rings (SSSR count). The van der Waals surface area contributed by atoms with E-state index in [1.807, 2.05) is 0 Å². The Bertz CT molecular complexity index is 244. The lowest BCUT2D eigenvalue weighted by atomic mass is 10.4. The number of nitroso groups, excluding NO2 is 1. The number of hydrogen-bond acceptors (Lipinski definition) is 3. The van der Waals surface area contributed by atoms with Crippen LogP contribution in [0.5, 0.6) is 0 Å². The van der Waals surface area contributed by atoms with E-state index < -0.39 is 0 Å². The molecule has 0 unspecified atom stereocenters. The monoisotopic (exact) mass is 176 g/mol. The zero-order valence-corrected chi connectivity index (χ0v) is 6.23. The van der Waals surface area contributed by atoms with Gasteiger partial charge in [0, 0.05) is 6.20 Å². The average molecular weight is 177 g/mol. The Hall–Kier alpha value is -0.670. The van der Waals surface area contributed by atoms with Crippen LogP contribution in [-0.4, -0.2) is 4.98 Å². The summed E-state index contributed by atoms with van der Waals surface area (Å²) in [4.78, 5) is 13.6. The molecular weight excluding hydrogens is 175 g/mol. The predicted molar refractivity (Wildman–Crippen MR) is 39.7 cm³/mol. The topological polar surface area (TPSA) is 42.3 Å². The highest BCUT2D eigenvalue weighted by atomic mass is 35.5. The summed E-state index contributed by atoms with van der Waals surface area (Å²) in [5.74, 6) is 0. The second-order valence-corrected chi connectivity index (χ2v) is 2.29. The van der Waals surface area contributed by atoms with Crippen LogP contribution >= 0.6 is 23.2 Å². The lowest BCUT2D eigenvalue weighted by Gasteiger charge is -1.93. The Balaban J connectivity index is 3.30. The third-order valence-electron chi connectivity index (χ3n) is 0.922. The molecule has 0 saturated carbocycles. The van der Waals surface area contributed by atoms with Crippen LogP contribution in [0.15, 0.2) is 17.4 Å². The molecule has 1 aromatic heterocycles. The van der Waals surface area contributed by atoms with E-state index in [1.54, 1.807) is 0 Å². The number of nitrogens with zero attached hydrogens (tertiary/aromatic N) is 2. The Morgan fingerprint density at radius 2 is 2.20 bits per heavy atom. The van der Waals surface area contributed by atoms with E-state index in [0.29, 0.717) is 0 Å². The van der Waals surface area contributed by atoms with E-state index in [-0.39, 0.29) is 15.9 Å². The van der Waals surface area contributed by atoms with Gasteiger partial charge in [-0.25, -0.2) is 4.98 Å². The van der Waals surface area contributed by atoms with E-state index in [2.05, 4.69) is 10.2 Å². The van der Waals surface area contributed by atoms with Crippen LogP contribution in [0.3, 0.4) is 0 Å². The summed E-state index contributed by atoms with van der Waals surface area (Å²) < 4.78 is 0. The van der Waals surface area contributed by atoms with E-state index in [0.717, 1.165) is 0 Å². The maximum absolute atomic E-state index is 9.99. The first-order chi connectivity index (χ1) is 4.75. The van der Waals surface area contributed by atoms with E-state index >= 15 is 0 Å². The summed E-state index contributed by atoms with van der Waals surface area (Å²) in [6, 6.07) is 1.45. The standard InChI is InChI=1S/C5H2Cl2N2O/c6-3-1-2-8-5(7)4(3)9-10/h1-2H. The molecule has 0 spiro atoms. The van der Waals surface area contributed by atoms with Crippen LogP contribution < -0.4 is 0 Å². The van der Waals surface area contributed by atoms with Crippen molar-refractivity contribution in [2.75, 3.05) is 0 Å². The lowest BCUT2D eigenvalue weighted by Crippen LogP contribution is -1.74. The molecular formula is C5H2Cl2N2O. The molecule has 0 aliphatic rings. The largest absolute Gasteiger partial charge is 0.242 e. The van der Waals surface area contributed by atoms with Crippen LogP contribution in [0.2, 0.25) is 10.2 Å². The molecule has 0 amide bonds. The molecule has 0 saturated heterocycles. The second-order valence-electron chi connectivity index (χ2n) is 1.52. The first-order valence-corrected chi connectivity index (χ1v) is 3.14. The van der Waals surface area contributed by atoms with Crippen molar-refractivity contribution in [2.24, 2.45) is 5.18 Å². The van der Waals surface area contributed by atoms with E-state index in [1.165, 1.54) is 12.3 Å².